The van der Waals surface area contributed by atoms with Gasteiger partial charge in [-0.15, -0.1) is 0 Å². The quantitative estimate of drug-likeness (QED) is 0.836. The largest absolute Gasteiger partial charge is 0.416 e. The lowest BCUT2D eigenvalue weighted by molar-refractivity contribution is -0.137. The molecule has 7 heteroatoms. The number of nitrogens with zero attached hydrogens (tertiary/aromatic N) is 3. The maximum Gasteiger partial charge on any atom is 0.416 e. The highest BCUT2D eigenvalue weighted by atomic mass is 19.4. The van der Waals surface area contributed by atoms with E-state index in [4.69, 9.17) is 0 Å². The molecule has 0 radical (unpaired) electrons. The number of carbonyl (C=O) groups excluding carboxylic acids is 1. The van der Waals surface area contributed by atoms with Crippen molar-refractivity contribution in [3.63, 3.8) is 0 Å². The Kier molecular flexibility index (Phi) is 4.34. The molecule has 1 aromatic heterocycles. The van der Waals surface area contributed by atoms with Crippen LogP contribution in [0.5, 0.6) is 0 Å². The van der Waals surface area contributed by atoms with E-state index >= 15 is 0 Å². The van der Waals surface area contributed by atoms with Gasteiger partial charge >= 0.3 is 6.18 Å². The van der Waals surface area contributed by atoms with Crippen molar-refractivity contribution in [3.8, 4) is 0 Å². The van der Waals surface area contributed by atoms with Gasteiger partial charge in [0.1, 0.15) is 0 Å². The summed E-state index contributed by atoms with van der Waals surface area (Å²) in [5, 5.41) is 4.13. The topological polar surface area (TPSA) is 38.1 Å². The summed E-state index contributed by atoms with van der Waals surface area (Å²) in [5.41, 5.74) is 0.182. The van der Waals surface area contributed by atoms with Crippen LogP contribution < -0.4 is 0 Å². The van der Waals surface area contributed by atoms with E-state index in [1.807, 2.05) is 6.20 Å². The minimum absolute atomic E-state index is 0.0700. The Balaban J connectivity index is 1.90. The molecular weight excluding hydrogens is 319 g/mol. The van der Waals surface area contributed by atoms with Crippen molar-refractivity contribution in [3.05, 3.63) is 53.3 Å². The molecule has 2 aromatic rings. The number of aromatic nitrogens is 2. The predicted molar refractivity (Wildman–Crippen MR) is 82.3 cm³/mol. The number of aryl methyl sites for hydroxylation is 1. The Morgan fingerprint density at radius 2 is 2.08 bits per heavy atom. The molecule has 4 nitrogen and oxygen atoms in total. The number of rotatable bonds is 2. The molecule has 0 unspecified atom stereocenters. The minimum Gasteiger partial charge on any atom is -0.331 e. The number of hydrogen-bond acceptors (Lipinski definition) is 2. The number of piperidine rings is 1. The standard InChI is InChI=1S/C17H18F3N3O/c1-22-11-13(10-21-22)15-7-2-3-8-23(15)16(24)12-5-4-6-14(9-12)17(18,19)20/h4-6,9-11,15H,2-3,7-8H2,1H3/t15-/m0/s1. The second kappa shape index (κ2) is 6.30. The van der Waals surface area contributed by atoms with Crippen LogP contribution in [0.15, 0.2) is 36.7 Å². The Labute approximate surface area is 137 Å². The van der Waals surface area contributed by atoms with Crippen LogP contribution in [0.2, 0.25) is 0 Å². The highest BCUT2D eigenvalue weighted by molar-refractivity contribution is 5.94. The second-order valence-electron chi connectivity index (χ2n) is 6.04. The van der Waals surface area contributed by atoms with Crippen molar-refractivity contribution < 1.29 is 18.0 Å². The van der Waals surface area contributed by atoms with E-state index in [1.165, 1.54) is 12.1 Å². The van der Waals surface area contributed by atoms with Crippen LogP contribution in [0.1, 0.15) is 46.8 Å². The number of likely N-dealkylation sites (tertiary alicyclic amines) is 1. The van der Waals surface area contributed by atoms with Crippen molar-refractivity contribution >= 4 is 5.91 Å². The van der Waals surface area contributed by atoms with Crippen molar-refractivity contribution in [2.24, 2.45) is 7.05 Å². The minimum atomic E-state index is -4.46. The Bertz CT molecular complexity index is 739. The zero-order valence-electron chi connectivity index (χ0n) is 13.3. The number of alkyl halides is 3. The average Bonchev–Trinajstić information content (AvgIpc) is 3.00. The van der Waals surface area contributed by atoms with Crippen molar-refractivity contribution in [1.82, 2.24) is 14.7 Å². The van der Waals surface area contributed by atoms with Crippen molar-refractivity contribution in [1.29, 1.82) is 0 Å². The van der Waals surface area contributed by atoms with Crippen LogP contribution >= 0.6 is 0 Å². The van der Waals surface area contributed by atoms with Crippen LogP contribution in [0.25, 0.3) is 0 Å². The van der Waals surface area contributed by atoms with Gasteiger partial charge in [0.05, 0.1) is 17.8 Å². The van der Waals surface area contributed by atoms with Crippen molar-refractivity contribution in [2.45, 2.75) is 31.5 Å². The third-order valence-corrected chi connectivity index (χ3v) is 4.31. The van der Waals surface area contributed by atoms with E-state index in [0.29, 0.717) is 6.54 Å². The third kappa shape index (κ3) is 3.29. The summed E-state index contributed by atoms with van der Waals surface area (Å²) in [7, 11) is 1.80. The number of hydrogen-bond donors (Lipinski definition) is 0. The maximum atomic E-state index is 12.9. The summed E-state index contributed by atoms with van der Waals surface area (Å²) in [6, 6.07) is 4.48. The van der Waals surface area contributed by atoms with E-state index in [-0.39, 0.29) is 17.5 Å². The van der Waals surface area contributed by atoms with Gasteiger partial charge in [0.2, 0.25) is 0 Å². The first-order valence-electron chi connectivity index (χ1n) is 7.83. The molecule has 0 N–H and O–H groups in total. The molecule has 0 bridgehead atoms. The van der Waals surface area contributed by atoms with Crippen LogP contribution in [-0.2, 0) is 13.2 Å². The summed E-state index contributed by atoms with van der Waals surface area (Å²) < 4.78 is 40.3. The summed E-state index contributed by atoms with van der Waals surface area (Å²) >= 11 is 0. The molecule has 1 saturated heterocycles. The van der Waals surface area contributed by atoms with Gasteiger partial charge in [-0.05, 0) is 37.5 Å². The van der Waals surface area contributed by atoms with Crippen LogP contribution in [0.3, 0.4) is 0 Å². The van der Waals surface area contributed by atoms with Crippen LogP contribution in [0.4, 0.5) is 13.2 Å². The molecule has 128 valence electrons. The lowest BCUT2D eigenvalue weighted by Crippen LogP contribution is -2.38. The van der Waals surface area contributed by atoms with Gasteiger partial charge in [0.25, 0.3) is 5.91 Å². The molecule has 1 aliphatic rings. The van der Waals surface area contributed by atoms with Gasteiger partial charge in [-0.2, -0.15) is 18.3 Å². The first-order chi connectivity index (χ1) is 11.4. The zero-order valence-corrected chi connectivity index (χ0v) is 13.3. The normalized spacial score (nSPS) is 18.7. The number of amides is 1. The summed E-state index contributed by atoms with van der Waals surface area (Å²) in [6.07, 6.45) is 1.72. The molecule has 24 heavy (non-hydrogen) atoms. The monoisotopic (exact) mass is 337 g/mol. The average molecular weight is 337 g/mol. The zero-order chi connectivity index (χ0) is 17.3. The van der Waals surface area contributed by atoms with Gasteiger partial charge in [-0.3, -0.25) is 9.48 Å². The van der Waals surface area contributed by atoms with E-state index in [0.717, 1.165) is 37.0 Å². The number of benzene rings is 1. The van der Waals surface area contributed by atoms with E-state index in [2.05, 4.69) is 5.10 Å². The first-order valence-corrected chi connectivity index (χ1v) is 7.83. The van der Waals surface area contributed by atoms with Gasteiger partial charge < -0.3 is 4.90 Å². The molecule has 1 atom stereocenters. The summed E-state index contributed by atoms with van der Waals surface area (Å²) in [4.78, 5) is 14.5. The highest BCUT2D eigenvalue weighted by Gasteiger charge is 2.33. The first kappa shape index (κ1) is 16.5. The summed E-state index contributed by atoms with van der Waals surface area (Å²) in [5.74, 6) is -0.366. The molecule has 1 aromatic carbocycles. The van der Waals surface area contributed by atoms with E-state index < -0.39 is 11.7 Å². The Morgan fingerprint density at radius 3 is 2.75 bits per heavy atom. The smallest absolute Gasteiger partial charge is 0.331 e. The molecule has 3 rings (SSSR count). The molecule has 2 heterocycles. The number of carbonyl (C=O) groups is 1. The lowest BCUT2D eigenvalue weighted by Gasteiger charge is -2.35. The van der Waals surface area contributed by atoms with Crippen LogP contribution in [0, 0.1) is 0 Å². The van der Waals surface area contributed by atoms with Crippen LogP contribution in [-0.4, -0.2) is 27.1 Å². The molecule has 1 amide bonds. The van der Waals surface area contributed by atoms with E-state index in [1.54, 1.807) is 22.8 Å². The SMILES string of the molecule is Cn1cc([C@@H]2CCCCN2C(=O)c2cccc(C(F)(F)F)c2)cn1. The fourth-order valence-corrected chi connectivity index (χ4v) is 3.13. The van der Waals surface area contributed by atoms with E-state index in [9.17, 15) is 18.0 Å². The van der Waals surface area contributed by atoms with Gasteiger partial charge in [0, 0.05) is 30.9 Å². The molecule has 0 spiro atoms. The molecular formula is C17H18F3N3O. The lowest BCUT2D eigenvalue weighted by atomic mass is 9.96. The third-order valence-electron chi connectivity index (χ3n) is 4.31. The molecule has 1 fully saturated rings. The van der Waals surface area contributed by atoms with Crippen molar-refractivity contribution in [2.75, 3.05) is 6.54 Å². The van der Waals surface area contributed by atoms with Gasteiger partial charge in [-0.1, -0.05) is 6.07 Å². The fourth-order valence-electron chi connectivity index (χ4n) is 3.13. The Hall–Kier alpha value is -2.31. The van der Waals surface area contributed by atoms with Gasteiger partial charge in [0.15, 0.2) is 0 Å². The van der Waals surface area contributed by atoms with Gasteiger partial charge in [-0.25, -0.2) is 0 Å². The second-order valence-corrected chi connectivity index (χ2v) is 6.04. The molecule has 1 aliphatic heterocycles. The Morgan fingerprint density at radius 1 is 1.29 bits per heavy atom. The summed E-state index contributed by atoms with van der Waals surface area (Å²) in [6.45, 7) is 0.536. The number of halogens is 3. The molecule has 0 aliphatic carbocycles. The highest BCUT2D eigenvalue weighted by Crippen LogP contribution is 2.33. The maximum absolute atomic E-state index is 12.9. The predicted octanol–water partition coefficient (Wildman–Crippen LogP) is 3.81. The fraction of sp³-hybridized carbons (Fsp3) is 0.412. The molecule has 0 saturated carbocycles.